The van der Waals surface area contributed by atoms with E-state index in [0.29, 0.717) is 6.61 Å². The molecule has 1 aliphatic rings. The maximum Gasteiger partial charge on any atom is 0.148 e. The summed E-state index contributed by atoms with van der Waals surface area (Å²) in [4.78, 5) is 0. The molecule has 0 fully saturated rings. The molecule has 0 aromatic heterocycles. The van der Waals surface area contributed by atoms with Gasteiger partial charge in [0.1, 0.15) is 12.4 Å². The molecular formula is C18H23NO. The zero-order valence-electron chi connectivity index (χ0n) is 12.0. The molecule has 0 aliphatic heterocycles. The van der Waals surface area contributed by atoms with Gasteiger partial charge in [-0.2, -0.15) is 0 Å². The van der Waals surface area contributed by atoms with Gasteiger partial charge in [-0.25, -0.2) is 0 Å². The number of allylic oxidation sites excluding steroid dienone is 1. The fraction of sp³-hybridized carbons (Fsp3) is 0.444. The third-order valence-electron chi connectivity index (χ3n) is 3.56. The van der Waals surface area contributed by atoms with Crippen LogP contribution in [0.3, 0.4) is 0 Å². The van der Waals surface area contributed by atoms with E-state index in [1.54, 1.807) is 5.57 Å². The van der Waals surface area contributed by atoms with Gasteiger partial charge < -0.3 is 10.1 Å². The van der Waals surface area contributed by atoms with Gasteiger partial charge in [0.2, 0.25) is 0 Å². The summed E-state index contributed by atoms with van der Waals surface area (Å²) in [6, 6.07) is 8.10. The second kappa shape index (κ2) is 8.45. The summed E-state index contributed by atoms with van der Waals surface area (Å²) in [5.41, 5.74) is 2.85. The van der Waals surface area contributed by atoms with Crippen molar-refractivity contribution in [1.29, 1.82) is 0 Å². The zero-order chi connectivity index (χ0) is 14.0. The van der Waals surface area contributed by atoms with Crippen LogP contribution in [0.5, 0.6) is 5.75 Å². The van der Waals surface area contributed by atoms with Crippen molar-refractivity contribution in [2.45, 2.75) is 38.6 Å². The molecule has 0 amide bonds. The maximum absolute atomic E-state index is 5.42. The highest BCUT2D eigenvalue weighted by Crippen LogP contribution is 2.19. The molecule has 0 bridgehead atoms. The Morgan fingerprint density at radius 1 is 1.30 bits per heavy atom. The van der Waals surface area contributed by atoms with Crippen molar-refractivity contribution in [2.75, 3.05) is 13.2 Å². The van der Waals surface area contributed by atoms with E-state index in [4.69, 9.17) is 11.2 Å². The smallest absolute Gasteiger partial charge is 0.148 e. The van der Waals surface area contributed by atoms with E-state index in [2.05, 4.69) is 23.4 Å². The van der Waals surface area contributed by atoms with Crippen molar-refractivity contribution in [3.8, 4) is 18.1 Å². The molecule has 0 unspecified atom stereocenters. The number of hydrogen-bond acceptors (Lipinski definition) is 2. The van der Waals surface area contributed by atoms with Gasteiger partial charge in [-0.1, -0.05) is 29.7 Å². The third-order valence-corrected chi connectivity index (χ3v) is 3.56. The first kappa shape index (κ1) is 14.7. The van der Waals surface area contributed by atoms with Crippen LogP contribution in [0.2, 0.25) is 0 Å². The lowest BCUT2D eigenvalue weighted by molar-refractivity contribution is 0.370. The second-order valence-electron chi connectivity index (χ2n) is 5.18. The van der Waals surface area contributed by atoms with Crippen LogP contribution < -0.4 is 10.1 Å². The summed E-state index contributed by atoms with van der Waals surface area (Å²) in [5, 5.41) is 3.50. The Morgan fingerprint density at radius 2 is 2.25 bits per heavy atom. The number of rotatable bonds is 7. The molecule has 2 nitrogen and oxygen atoms in total. The Hall–Kier alpha value is -1.72. The topological polar surface area (TPSA) is 21.3 Å². The zero-order valence-corrected chi connectivity index (χ0v) is 12.0. The minimum absolute atomic E-state index is 0.324. The van der Waals surface area contributed by atoms with Crippen LogP contribution in [-0.2, 0) is 6.54 Å². The lowest BCUT2D eigenvalue weighted by atomic mass is 9.97. The van der Waals surface area contributed by atoms with Crippen molar-refractivity contribution in [1.82, 2.24) is 5.32 Å². The molecule has 1 N–H and O–H groups in total. The van der Waals surface area contributed by atoms with Crippen molar-refractivity contribution in [3.63, 3.8) is 0 Å². The van der Waals surface area contributed by atoms with Crippen molar-refractivity contribution in [3.05, 3.63) is 41.5 Å². The summed E-state index contributed by atoms with van der Waals surface area (Å²) in [7, 11) is 0. The molecule has 0 atom stereocenters. The quantitative estimate of drug-likeness (QED) is 0.463. The monoisotopic (exact) mass is 269 g/mol. The van der Waals surface area contributed by atoms with Gasteiger partial charge in [-0.15, -0.1) is 6.42 Å². The summed E-state index contributed by atoms with van der Waals surface area (Å²) >= 11 is 0. The molecule has 2 heteroatoms. The Morgan fingerprint density at radius 3 is 3.05 bits per heavy atom. The fourth-order valence-corrected chi connectivity index (χ4v) is 2.48. The van der Waals surface area contributed by atoms with E-state index in [9.17, 15) is 0 Å². The Kier molecular flexibility index (Phi) is 6.20. The predicted molar refractivity (Wildman–Crippen MR) is 83.6 cm³/mol. The lowest BCUT2D eigenvalue weighted by Gasteiger charge is -2.13. The Labute approximate surface area is 122 Å². The largest absolute Gasteiger partial charge is 0.481 e. The Balaban J connectivity index is 1.71. The van der Waals surface area contributed by atoms with Crippen LogP contribution in [0, 0.1) is 12.3 Å². The van der Waals surface area contributed by atoms with Crippen LogP contribution in [0.4, 0.5) is 0 Å². The summed E-state index contributed by atoms with van der Waals surface area (Å²) in [5.74, 6) is 3.32. The maximum atomic E-state index is 5.42. The van der Waals surface area contributed by atoms with Gasteiger partial charge in [-0.05, 0) is 56.3 Å². The van der Waals surface area contributed by atoms with Crippen LogP contribution >= 0.6 is 0 Å². The lowest BCUT2D eigenvalue weighted by Crippen LogP contribution is -2.15. The van der Waals surface area contributed by atoms with Gasteiger partial charge in [0.25, 0.3) is 0 Å². The molecular weight excluding hydrogens is 246 g/mol. The molecule has 0 heterocycles. The average molecular weight is 269 g/mol. The third kappa shape index (κ3) is 5.11. The molecule has 0 spiro atoms. The molecule has 2 rings (SSSR count). The van der Waals surface area contributed by atoms with Crippen LogP contribution in [0.25, 0.3) is 0 Å². The predicted octanol–water partition coefficient (Wildman–Crippen LogP) is 3.68. The van der Waals surface area contributed by atoms with E-state index >= 15 is 0 Å². The van der Waals surface area contributed by atoms with Crippen LogP contribution in [0.15, 0.2) is 35.9 Å². The van der Waals surface area contributed by atoms with Gasteiger partial charge in [-0.3, -0.25) is 0 Å². The molecule has 20 heavy (non-hydrogen) atoms. The molecule has 0 radical (unpaired) electrons. The summed E-state index contributed by atoms with van der Waals surface area (Å²) < 4.78 is 5.42. The van der Waals surface area contributed by atoms with Crippen LogP contribution in [0.1, 0.15) is 37.7 Å². The highest BCUT2D eigenvalue weighted by Gasteiger charge is 2.03. The molecule has 0 saturated heterocycles. The first-order valence-electron chi connectivity index (χ1n) is 7.42. The van der Waals surface area contributed by atoms with Crippen molar-refractivity contribution in [2.24, 2.45) is 0 Å². The highest BCUT2D eigenvalue weighted by molar-refractivity contribution is 5.28. The summed E-state index contributed by atoms with van der Waals surface area (Å²) in [6.07, 6.45) is 14.1. The molecule has 1 aliphatic carbocycles. The summed E-state index contributed by atoms with van der Waals surface area (Å²) in [6.45, 7) is 2.24. The molecule has 106 valence electrons. The minimum Gasteiger partial charge on any atom is -0.481 e. The minimum atomic E-state index is 0.324. The van der Waals surface area contributed by atoms with E-state index in [-0.39, 0.29) is 0 Å². The molecule has 0 saturated carbocycles. The standard InChI is InChI=1S/C18H23NO/c1-2-13-20-18-10-6-9-17(14-18)15-19-12-11-16-7-4-3-5-8-16/h1,6-7,9-10,14,19H,3-5,8,11-13,15H2. The normalized spacial score (nSPS) is 14.4. The molecule has 1 aromatic rings. The fourth-order valence-electron chi connectivity index (χ4n) is 2.48. The molecule has 1 aromatic carbocycles. The first-order chi connectivity index (χ1) is 9.88. The average Bonchev–Trinajstić information content (AvgIpc) is 2.51. The second-order valence-corrected chi connectivity index (χ2v) is 5.18. The van der Waals surface area contributed by atoms with E-state index < -0.39 is 0 Å². The number of hydrogen-bond donors (Lipinski definition) is 1. The highest BCUT2D eigenvalue weighted by atomic mass is 16.5. The number of ether oxygens (including phenoxy) is 1. The number of terminal acetylenes is 1. The van der Waals surface area contributed by atoms with Gasteiger partial charge in [0.05, 0.1) is 0 Å². The number of nitrogens with one attached hydrogen (secondary N) is 1. The van der Waals surface area contributed by atoms with Gasteiger partial charge in [0.15, 0.2) is 0 Å². The van der Waals surface area contributed by atoms with E-state index in [1.807, 2.05) is 18.2 Å². The number of benzene rings is 1. The van der Waals surface area contributed by atoms with Crippen molar-refractivity contribution >= 4 is 0 Å². The van der Waals surface area contributed by atoms with E-state index in [0.717, 1.165) is 18.8 Å². The SMILES string of the molecule is C#CCOc1cccc(CNCCC2=CCCCC2)c1. The first-order valence-corrected chi connectivity index (χ1v) is 7.42. The van der Waals surface area contributed by atoms with Crippen molar-refractivity contribution < 1.29 is 4.74 Å². The van der Waals surface area contributed by atoms with Gasteiger partial charge in [0, 0.05) is 6.54 Å². The van der Waals surface area contributed by atoms with Gasteiger partial charge >= 0.3 is 0 Å². The van der Waals surface area contributed by atoms with Crippen LogP contribution in [-0.4, -0.2) is 13.2 Å². The van der Waals surface area contributed by atoms with E-state index in [1.165, 1.54) is 37.7 Å². The Bertz CT molecular complexity index is 484.